The summed E-state index contributed by atoms with van der Waals surface area (Å²) in [5, 5.41) is 5.92. The lowest BCUT2D eigenvalue weighted by Gasteiger charge is -2.16. The number of pyridine rings is 1. The molecule has 0 atom stereocenters. The van der Waals surface area contributed by atoms with Gasteiger partial charge in [-0.25, -0.2) is 4.98 Å². The maximum absolute atomic E-state index is 10.9. The van der Waals surface area contributed by atoms with E-state index >= 15 is 0 Å². The highest BCUT2D eigenvalue weighted by atomic mass is 35.5. The number of carbonyl (C=O) groups excluding carboxylic acids is 2. The fourth-order valence-corrected chi connectivity index (χ4v) is 1.18. The molecule has 1 aliphatic heterocycles. The van der Waals surface area contributed by atoms with E-state index in [-0.39, 0.29) is 18.4 Å². The Morgan fingerprint density at radius 3 is 2.76 bits per heavy atom. The van der Waals surface area contributed by atoms with Gasteiger partial charge in [0, 0.05) is 6.92 Å². The largest absolute Gasteiger partial charge is 0.469 e. The minimum atomic E-state index is -0.245. The number of halogens is 1. The van der Waals surface area contributed by atoms with Crippen LogP contribution in [0, 0.1) is 0 Å². The first kappa shape index (κ1) is 13.2. The number of anilines is 2. The van der Waals surface area contributed by atoms with E-state index in [1.807, 2.05) is 0 Å². The van der Waals surface area contributed by atoms with E-state index < -0.39 is 0 Å². The van der Waals surface area contributed by atoms with Gasteiger partial charge in [-0.2, -0.15) is 0 Å². The van der Waals surface area contributed by atoms with E-state index in [1.54, 1.807) is 12.1 Å². The number of nitrogens with one attached hydrogen (secondary N) is 2. The molecule has 0 unspecified atom stereocenters. The van der Waals surface area contributed by atoms with Crippen LogP contribution in [0.25, 0.3) is 0 Å². The first-order chi connectivity index (χ1) is 8.02. The van der Waals surface area contributed by atoms with Gasteiger partial charge in [-0.05, 0) is 12.1 Å². The van der Waals surface area contributed by atoms with Gasteiger partial charge in [-0.1, -0.05) is 11.6 Å². The van der Waals surface area contributed by atoms with Crippen molar-refractivity contribution < 1.29 is 14.3 Å². The lowest BCUT2D eigenvalue weighted by atomic mass is 10.3. The highest BCUT2D eigenvalue weighted by molar-refractivity contribution is 6.29. The van der Waals surface area contributed by atoms with Gasteiger partial charge in [0.25, 0.3) is 0 Å². The summed E-state index contributed by atoms with van der Waals surface area (Å²) in [6.45, 7) is 1.61. The van der Waals surface area contributed by atoms with Crippen LogP contribution >= 0.6 is 11.6 Å². The molecular formula is C10H12ClN3O3. The van der Waals surface area contributed by atoms with E-state index in [0.717, 1.165) is 0 Å². The predicted molar refractivity (Wildman–Crippen MR) is 64.1 cm³/mol. The quantitative estimate of drug-likeness (QED) is 0.541. The molecule has 0 aromatic carbocycles. The molecule has 1 aliphatic rings. The molecule has 0 bridgehead atoms. The number of aromatic nitrogens is 1. The molecule has 2 N–H and O–H groups in total. The van der Waals surface area contributed by atoms with Gasteiger partial charge in [0.15, 0.2) is 5.82 Å². The van der Waals surface area contributed by atoms with Crippen molar-refractivity contribution in [2.45, 2.75) is 6.92 Å². The fraction of sp³-hybridized carbons (Fsp3) is 0.300. The maximum atomic E-state index is 10.9. The zero-order valence-corrected chi connectivity index (χ0v) is 10.2. The molecule has 0 spiro atoms. The highest BCUT2D eigenvalue weighted by Crippen LogP contribution is 2.23. The summed E-state index contributed by atoms with van der Waals surface area (Å²) in [6, 6.07) is 3.35. The molecule has 6 nitrogen and oxygen atoms in total. The monoisotopic (exact) mass is 257 g/mol. The Morgan fingerprint density at radius 1 is 1.53 bits per heavy atom. The number of esters is 1. The summed E-state index contributed by atoms with van der Waals surface area (Å²) in [5.41, 5.74) is 0.677. The average molecular weight is 258 g/mol. The van der Waals surface area contributed by atoms with Gasteiger partial charge < -0.3 is 15.4 Å². The first-order valence-electron chi connectivity index (χ1n) is 4.77. The smallest absolute Gasteiger partial charge is 0.302 e. The second-order valence-corrected chi connectivity index (χ2v) is 3.51. The van der Waals surface area contributed by atoms with Crippen LogP contribution in [-0.2, 0) is 14.3 Å². The Morgan fingerprint density at radius 2 is 2.18 bits per heavy atom. The molecule has 92 valence electrons. The SMILES string of the molecule is COC(C)=O.O=C1CNc2nc(Cl)ccc2N1. The minimum absolute atomic E-state index is 0.0633. The molecule has 0 aliphatic carbocycles. The van der Waals surface area contributed by atoms with Gasteiger partial charge in [-0.15, -0.1) is 0 Å². The number of methoxy groups -OCH3 is 1. The molecule has 0 radical (unpaired) electrons. The number of hydrogen-bond acceptors (Lipinski definition) is 5. The molecule has 7 heteroatoms. The van der Waals surface area contributed by atoms with E-state index in [0.29, 0.717) is 16.7 Å². The van der Waals surface area contributed by atoms with Crippen LogP contribution < -0.4 is 10.6 Å². The van der Waals surface area contributed by atoms with Crippen LogP contribution in [0.1, 0.15) is 6.92 Å². The Labute approximate surface area is 103 Å². The highest BCUT2D eigenvalue weighted by Gasteiger charge is 2.14. The van der Waals surface area contributed by atoms with E-state index in [9.17, 15) is 9.59 Å². The number of fused-ring (bicyclic) bond motifs is 1. The number of rotatable bonds is 0. The van der Waals surface area contributed by atoms with Crippen LogP contribution in [0.5, 0.6) is 0 Å². The van der Waals surface area contributed by atoms with Crippen LogP contribution in [0.4, 0.5) is 11.5 Å². The lowest BCUT2D eigenvalue weighted by molar-refractivity contribution is -0.137. The number of hydrogen-bond donors (Lipinski definition) is 2. The summed E-state index contributed by atoms with van der Waals surface area (Å²) < 4.78 is 4.11. The zero-order valence-electron chi connectivity index (χ0n) is 9.41. The third-order valence-electron chi connectivity index (χ3n) is 1.84. The number of nitrogens with zero attached hydrogens (tertiary/aromatic N) is 1. The van der Waals surface area contributed by atoms with Crippen molar-refractivity contribution in [2.75, 3.05) is 24.3 Å². The predicted octanol–water partition coefficient (Wildman–Crippen LogP) is 1.28. The topological polar surface area (TPSA) is 80.3 Å². The summed E-state index contributed by atoms with van der Waals surface area (Å²) in [4.78, 5) is 24.5. The number of ether oxygens (including phenoxy) is 1. The molecule has 0 saturated heterocycles. The minimum Gasteiger partial charge on any atom is -0.469 e. The molecular weight excluding hydrogens is 246 g/mol. The lowest BCUT2D eigenvalue weighted by Crippen LogP contribution is -2.27. The molecule has 0 fully saturated rings. The van der Waals surface area contributed by atoms with Crippen molar-refractivity contribution in [1.82, 2.24) is 4.98 Å². The standard InChI is InChI=1S/C7H6ClN3O.C3H6O2/c8-5-2-1-4-7(11-5)9-3-6(12)10-4;1-3(4)5-2/h1-2H,3H2,(H,9,11)(H,10,12);1-2H3. The summed E-state index contributed by atoms with van der Waals surface area (Å²) in [6.07, 6.45) is 0. The van der Waals surface area contributed by atoms with Crippen LogP contribution in [0.2, 0.25) is 5.15 Å². The van der Waals surface area contributed by atoms with Crippen LogP contribution in [0.15, 0.2) is 12.1 Å². The summed E-state index contributed by atoms with van der Waals surface area (Å²) >= 11 is 5.65. The summed E-state index contributed by atoms with van der Waals surface area (Å²) in [7, 11) is 1.35. The zero-order chi connectivity index (χ0) is 12.8. The van der Waals surface area contributed by atoms with Gasteiger partial charge in [0.05, 0.1) is 19.3 Å². The van der Waals surface area contributed by atoms with Crippen molar-refractivity contribution in [1.29, 1.82) is 0 Å². The Hall–Kier alpha value is -1.82. The Balaban J connectivity index is 0.000000249. The van der Waals surface area contributed by atoms with E-state index in [2.05, 4.69) is 20.4 Å². The molecule has 0 saturated carbocycles. The van der Waals surface area contributed by atoms with E-state index in [1.165, 1.54) is 14.0 Å². The summed E-state index contributed by atoms with van der Waals surface area (Å²) in [5.74, 6) is 0.318. The van der Waals surface area contributed by atoms with Crippen LogP contribution in [0.3, 0.4) is 0 Å². The van der Waals surface area contributed by atoms with Crippen molar-refractivity contribution in [2.24, 2.45) is 0 Å². The van der Waals surface area contributed by atoms with Gasteiger partial charge in [-0.3, -0.25) is 9.59 Å². The molecule has 1 aromatic heterocycles. The maximum Gasteiger partial charge on any atom is 0.302 e. The van der Waals surface area contributed by atoms with Crippen molar-refractivity contribution >= 4 is 35.0 Å². The number of amides is 1. The molecule has 2 heterocycles. The number of carbonyl (C=O) groups is 2. The third kappa shape index (κ3) is 4.28. The molecule has 1 aromatic rings. The second-order valence-electron chi connectivity index (χ2n) is 3.13. The Bertz CT molecular complexity index is 437. The fourth-order valence-electron chi connectivity index (χ4n) is 1.03. The van der Waals surface area contributed by atoms with Crippen molar-refractivity contribution in [3.8, 4) is 0 Å². The van der Waals surface area contributed by atoms with Gasteiger partial charge >= 0.3 is 5.97 Å². The second kappa shape index (κ2) is 6.05. The third-order valence-corrected chi connectivity index (χ3v) is 2.05. The van der Waals surface area contributed by atoms with Crippen molar-refractivity contribution in [3.05, 3.63) is 17.3 Å². The van der Waals surface area contributed by atoms with Crippen LogP contribution in [-0.4, -0.2) is 30.5 Å². The average Bonchev–Trinajstić information content (AvgIpc) is 2.30. The first-order valence-corrected chi connectivity index (χ1v) is 5.15. The van der Waals surface area contributed by atoms with Crippen molar-refractivity contribution in [3.63, 3.8) is 0 Å². The van der Waals surface area contributed by atoms with E-state index in [4.69, 9.17) is 11.6 Å². The Kier molecular flexibility index (Phi) is 4.71. The molecule has 2 rings (SSSR count). The molecule has 1 amide bonds. The van der Waals surface area contributed by atoms with Gasteiger partial charge in [0.2, 0.25) is 5.91 Å². The van der Waals surface area contributed by atoms with Gasteiger partial charge in [0.1, 0.15) is 5.15 Å². The molecule has 17 heavy (non-hydrogen) atoms. The normalized spacial score (nSPS) is 12.3.